The standard InChI is InChI=1S/C20H27F2N2O3/c21-20(22)10-8-15(9-11-20)12-16(18(26)24-19(23)27)13-17(25)7-6-14-4-2-1-3-5-14/h1-5,7,15-17,25H,6,8-13H2,(H3,23,24,26,27)/t16-,17+/m1/s1. The Morgan fingerprint density at radius 2 is 1.89 bits per heavy atom. The van der Waals surface area contributed by atoms with E-state index >= 15 is 0 Å². The van der Waals surface area contributed by atoms with Gasteiger partial charge < -0.3 is 10.8 Å². The number of amides is 3. The van der Waals surface area contributed by atoms with Crippen molar-refractivity contribution in [2.75, 3.05) is 0 Å². The minimum atomic E-state index is -2.63. The molecule has 0 bridgehead atoms. The first kappa shape index (κ1) is 21.3. The fourth-order valence-electron chi connectivity index (χ4n) is 3.55. The second-order valence-electron chi connectivity index (χ2n) is 7.31. The zero-order chi connectivity index (χ0) is 19.9. The maximum Gasteiger partial charge on any atom is 0.318 e. The minimum absolute atomic E-state index is 0.0328. The van der Waals surface area contributed by atoms with Gasteiger partial charge in [0.25, 0.3) is 0 Å². The molecule has 149 valence electrons. The number of hydrogen-bond donors (Lipinski definition) is 3. The molecule has 7 heteroatoms. The summed E-state index contributed by atoms with van der Waals surface area (Å²) in [4.78, 5) is 23.3. The Morgan fingerprint density at radius 3 is 2.48 bits per heavy atom. The molecule has 27 heavy (non-hydrogen) atoms. The number of alkyl halides is 2. The van der Waals surface area contributed by atoms with Crippen LogP contribution in [0.2, 0.25) is 0 Å². The van der Waals surface area contributed by atoms with Crippen molar-refractivity contribution in [2.45, 2.75) is 57.0 Å². The summed E-state index contributed by atoms with van der Waals surface area (Å²) in [5.41, 5.74) is 6.06. The van der Waals surface area contributed by atoms with E-state index in [1.54, 1.807) is 6.42 Å². The van der Waals surface area contributed by atoms with Crippen molar-refractivity contribution in [1.29, 1.82) is 0 Å². The summed E-state index contributed by atoms with van der Waals surface area (Å²) in [5.74, 6) is -3.89. The fraction of sp³-hybridized carbons (Fsp3) is 0.550. The highest BCUT2D eigenvalue weighted by Crippen LogP contribution is 2.39. The molecule has 0 spiro atoms. The van der Waals surface area contributed by atoms with Gasteiger partial charge in [0.05, 0.1) is 6.10 Å². The molecule has 1 fully saturated rings. The Kier molecular flexibility index (Phi) is 7.71. The lowest BCUT2D eigenvalue weighted by molar-refractivity contribution is -0.125. The predicted octanol–water partition coefficient (Wildman–Crippen LogP) is 3.21. The van der Waals surface area contributed by atoms with Gasteiger partial charge in [-0.15, -0.1) is 0 Å². The number of imide groups is 1. The summed E-state index contributed by atoms with van der Waals surface area (Å²) in [6.45, 7) is 0. The van der Waals surface area contributed by atoms with Crippen LogP contribution >= 0.6 is 0 Å². The Hall–Kier alpha value is -2.02. The van der Waals surface area contributed by atoms with E-state index in [1.807, 2.05) is 30.3 Å². The van der Waals surface area contributed by atoms with E-state index in [-0.39, 0.29) is 25.2 Å². The molecule has 0 aromatic heterocycles. The van der Waals surface area contributed by atoms with Gasteiger partial charge in [0.15, 0.2) is 0 Å². The van der Waals surface area contributed by atoms with Crippen molar-refractivity contribution in [3.63, 3.8) is 0 Å². The normalized spacial score (nSPS) is 19.2. The van der Waals surface area contributed by atoms with Gasteiger partial charge in [-0.25, -0.2) is 13.6 Å². The largest absolute Gasteiger partial charge is 0.393 e. The van der Waals surface area contributed by atoms with E-state index in [0.29, 0.717) is 25.7 Å². The van der Waals surface area contributed by atoms with E-state index in [4.69, 9.17) is 5.73 Å². The van der Waals surface area contributed by atoms with Crippen molar-refractivity contribution in [1.82, 2.24) is 5.32 Å². The smallest absolute Gasteiger partial charge is 0.318 e. The molecule has 3 amide bonds. The van der Waals surface area contributed by atoms with Gasteiger partial charge >= 0.3 is 6.03 Å². The van der Waals surface area contributed by atoms with Crippen molar-refractivity contribution < 1.29 is 23.5 Å². The second kappa shape index (κ2) is 9.78. The summed E-state index contributed by atoms with van der Waals surface area (Å²) >= 11 is 0. The molecule has 1 aliphatic rings. The number of halogens is 2. The lowest BCUT2D eigenvalue weighted by Crippen LogP contribution is -2.41. The number of hydrogen-bond acceptors (Lipinski definition) is 3. The van der Waals surface area contributed by atoms with Gasteiger partial charge in [-0.3, -0.25) is 10.1 Å². The van der Waals surface area contributed by atoms with E-state index in [9.17, 15) is 23.5 Å². The summed E-state index contributed by atoms with van der Waals surface area (Å²) in [6, 6.07) is 8.61. The Bertz CT molecular complexity index is 615. The van der Waals surface area contributed by atoms with E-state index in [0.717, 1.165) is 5.56 Å². The van der Waals surface area contributed by atoms with Gasteiger partial charge in [0, 0.05) is 18.8 Å². The summed E-state index contributed by atoms with van der Waals surface area (Å²) in [7, 11) is 0. The van der Waals surface area contributed by atoms with Crippen LogP contribution in [-0.4, -0.2) is 29.1 Å². The molecule has 0 heterocycles. The van der Waals surface area contributed by atoms with Crippen LogP contribution < -0.4 is 11.1 Å². The van der Waals surface area contributed by atoms with Gasteiger partial charge in [0.1, 0.15) is 0 Å². The van der Waals surface area contributed by atoms with Crippen molar-refractivity contribution in [3.8, 4) is 0 Å². The molecule has 1 aromatic rings. The molecule has 5 nitrogen and oxygen atoms in total. The number of rotatable bonds is 8. The molecule has 1 saturated carbocycles. The van der Waals surface area contributed by atoms with E-state index in [2.05, 4.69) is 5.32 Å². The van der Waals surface area contributed by atoms with Crippen molar-refractivity contribution in [2.24, 2.45) is 17.6 Å². The van der Waals surface area contributed by atoms with Crippen LogP contribution in [0.25, 0.3) is 0 Å². The molecule has 0 unspecified atom stereocenters. The second-order valence-corrected chi connectivity index (χ2v) is 7.31. The number of urea groups is 1. The van der Waals surface area contributed by atoms with Crippen LogP contribution in [-0.2, 0) is 11.2 Å². The third-order valence-corrected chi connectivity index (χ3v) is 5.07. The Morgan fingerprint density at radius 1 is 1.26 bits per heavy atom. The van der Waals surface area contributed by atoms with Crippen LogP contribution in [0.15, 0.2) is 30.3 Å². The number of carbonyl (C=O) groups is 2. The number of primary amides is 1. The molecule has 2 atom stereocenters. The summed E-state index contributed by atoms with van der Waals surface area (Å²) in [5, 5.41) is 12.4. The first-order valence-corrected chi connectivity index (χ1v) is 9.28. The molecule has 0 saturated heterocycles. The maximum atomic E-state index is 13.3. The molecule has 1 radical (unpaired) electrons. The average molecular weight is 381 g/mol. The SMILES string of the molecule is NC(=O)NC(=O)[C@H](CC1CCC(F)(F)CC1)C[C@@H](O)[CH]Cc1ccccc1. The van der Waals surface area contributed by atoms with Gasteiger partial charge in [-0.1, -0.05) is 30.3 Å². The molecular weight excluding hydrogens is 354 g/mol. The van der Waals surface area contributed by atoms with Crippen molar-refractivity contribution >= 4 is 11.9 Å². The monoisotopic (exact) mass is 381 g/mol. The van der Waals surface area contributed by atoms with E-state index < -0.39 is 29.9 Å². The number of nitrogens with two attached hydrogens (primary N) is 1. The molecule has 4 N–H and O–H groups in total. The number of aliphatic hydroxyl groups excluding tert-OH is 1. The maximum absolute atomic E-state index is 13.3. The number of nitrogens with one attached hydrogen (secondary N) is 1. The molecule has 0 aliphatic heterocycles. The van der Waals surface area contributed by atoms with Crippen molar-refractivity contribution in [3.05, 3.63) is 42.3 Å². The number of aliphatic hydroxyl groups is 1. The highest BCUT2D eigenvalue weighted by atomic mass is 19.3. The average Bonchev–Trinajstić information content (AvgIpc) is 2.61. The van der Waals surface area contributed by atoms with E-state index in [1.165, 1.54) is 0 Å². The number of benzene rings is 1. The highest BCUT2D eigenvalue weighted by molar-refractivity contribution is 5.94. The molecular formula is C20H27F2N2O3. The first-order chi connectivity index (χ1) is 12.7. The topological polar surface area (TPSA) is 92.4 Å². The molecule has 1 aliphatic carbocycles. The zero-order valence-electron chi connectivity index (χ0n) is 15.2. The molecule has 1 aromatic carbocycles. The van der Waals surface area contributed by atoms with Gasteiger partial charge in [-0.2, -0.15) is 0 Å². The lowest BCUT2D eigenvalue weighted by Gasteiger charge is -2.30. The highest BCUT2D eigenvalue weighted by Gasteiger charge is 2.36. The van der Waals surface area contributed by atoms with Crippen LogP contribution in [0.5, 0.6) is 0 Å². The van der Waals surface area contributed by atoms with Crippen LogP contribution in [0.3, 0.4) is 0 Å². The summed E-state index contributed by atoms with van der Waals surface area (Å²) < 4.78 is 26.7. The zero-order valence-corrected chi connectivity index (χ0v) is 15.2. The van der Waals surface area contributed by atoms with Crippen LogP contribution in [0.1, 0.15) is 44.1 Å². The Labute approximate surface area is 158 Å². The first-order valence-electron chi connectivity index (χ1n) is 9.28. The molecule has 2 rings (SSSR count). The predicted molar refractivity (Wildman–Crippen MR) is 97.8 cm³/mol. The fourth-order valence-corrected chi connectivity index (χ4v) is 3.55. The third-order valence-electron chi connectivity index (χ3n) is 5.07. The Balaban J connectivity index is 1.90. The third kappa shape index (κ3) is 7.62. The van der Waals surface area contributed by atoms with Crippen LogP contribution in [0.4, 0.5) is 13.6 Å². The lowest BCUT2D eigenvalue weighted by atomic mass is 9.79. The summed E-state index contributed by atoms with van der Waals surface area (Å²) in [6.07, 6.45) is 2.16. The van der Waals surface area contributed by atoms with Gasteiger partial charge in [-0.05, 0) is 50.0 Å². The van der Waals surface area contributed by atoms with Crippen LogP contribution in [0, 0.1) is 18.3 Å². The quantitative estimate of drug-likeness (QED) is 0.646. The van der Waals surface area contributed by atoms with Gasteiger partial charge in [0.2, 0.25) is 11.8 Å². The number of carbonyl (C=O) groups excluding carboxylic acids is 2. The minimum Gasteiger partial charge on any atom is -0.393 e.